The molecule has 1 amide bonds. The third kappa shape index (κ3) is 9.61. The van der Waals surface area contributed by atoms with Crippen LogP contribution in [-0.4, -0.2) is 44.3 Å². The monoisotopic (exact) mass is 773 g/mol. The van der Waals surface area contributed by atoms with Crippen LogP contribution >= 0.6 is 27.5 Å². The first-order chi connectivity index (χ1) is 23.5. The summed E-state index contributed by atoms with van der Waals surface area (Å²) in [6, 6.07) is 22.1. The van der Waals surface area contributed by atoms with E-state index in [2.05, 4.69) is 21.2 Å². The molecule has 0 aliphatic rings. The number of aliphatic carboxylic acids is 1. The second kappa shape index (κ2) is 15.9. The van der Waals surface area contributed by atoms with E-state index in [-0.39, 0.29) is 28.3 Å². The molecule has 0 radical (unpaired) electrons. The molecular formula is C36H25BrClF4NO7. The molecule has 0 spiro atoms. The SMILES string of the molecule is O=C(N[C@@H](Cc1ccc(-c2ccc(F)c(Cl)c2)cc1)C(=O)O)c1cc(-c2ccc(C(F)(F)F)cc2)ccc1O.O=C(O)c1cc(Br)ccc1O. The van der Waals surface area contributed by atoms with Crippen molar-refractivity contribution in [3.8, 4) is 33.8 Å². The lowest BCUT2D eigenvalue weighted by molar-refractivity contribution is -0.139. The molecule has 0 aliphatic carbocycles. The number of hydrogen-bond acceptors (Lipinski definition) is 5. The third-order valence-electron chi connectivity index (χ3n) is 7.23. The van der Waals surface area contributed by atoms with Gasteiger partial charge in [0.05, 0.1) is 16.1 Å². The first-order valence-electron chi connectivity index (χ1n) is 14.3. The van der Waals surface area contributed by atoms with Gasteiger partial charge in [-0.3, -0.25) is 4.79 Å². The standard InChI is InChI=1S/C29H20ClF4NO4.C7H5BrO3/c30-23-15-20(7-11-24(23)31)17-3-1-16(2-4-17)13-25(28(38)39)35-27(37)22-14-19(8-12-26(22)36)18-5-9-21(10-6-18)29(32,33)34;8-4-1-2-6(9)5(3-4)7(10)11/h1-12,14-15,25,36H,13H2,(H,35,37)(H,38,39);1-3,9H,(H,10,11)/t25-;/m0./s1. The number of aromatic carboxylic acids is 1. The van der Waals surface area contributed by atoms with Crippen LogP contribution in [0.1, 0.15) is 31.8 Å². The van der Waals surface area contributed by atoms with Crippen molar-refractivity contribution in [2.45, 2.75) is 18.6 Å². The Morgan fingerprint density at radius 2 is 1.24 bits per heavy atom. The van der Waals surface area contributed by atoms with Gasteiger partial charge in [0.25, 0.3) is 5.91 Å². The molecule has 5 N–H and O–H groups in total. The lowest BCUT2D eigenvalue weighted by atomic mass is 9.99. The maximum absolute atomic E-state index is 13.4. The minimum absolute atomic E-state index is 0.0316. The molecular weight excluding hydrogens is 750 g/mol. The number of hydrogen-bond donors (Lipinski definition) is 5. The predicted octanol–water partition coefficient (Wildman–Crippen LogP) is 8.82. The van der Waals surface area contributed by atoms with Gasteiger partial charge in [0, 0.05) is 10.9 Å². The Balaban J connectivity index is 0.000000435. The van der Waals surface area contributed by atoms with Crippen LogP contribution in [-0.2, 0) is 17.4 Å². The summed E-state index contributed by atoms with van der Waals surface area (Å²) in [4.78, 5) is 35.2. The minimum Gasteiger partial charge on any atom is -0.507 e. The highest BCUT2D eigenvalue weighted by Gasteiger charge is 2.30. The number of aromatic hydroxyl groups is 2. The van der Waals surface area contributed by atoms with Crippen LogP contribution in [0.4, 0.5) is 17.6 Å². The molecule has 0 saturated carbocycles. The molecule has 0 unspecified atom stereocenters. The summed E-state index contributed by atoms with van der Waals surface area (Å²) in [5.41, 5.74) is 1.54. The molecule has 5 aromatic carbocycles. The number of carboxylic acids is 2. The van der Waals surface area contributed by atoms with Crippen LogP contribution in [0.25, 0.3) is 22.3 Å². The van der Waals surface area contributed by atoms with E-state index in [9.17, 15) is 42.2 Å². The number of phenolic OH excluding ortho intramolecular Hbond substituents is 1. The van der Waals surface area contributed by atoms with Crippen LogP contribution in [0, 0.1) is 5.82 Å². The van der Waals surface area contributed by atoms with Crippen molar-refractivity contribution >= 4 is 45.4 Å². The van der Waals surface area contributed by atoms with E-state index in [0.717, 1.165) is 17.7 Å². The molecule has 0 aliphatic heterocycles. The number of halogens is 6. The summed E-state index contributed by atoms with van der Waals surface area (Å²) in [7, 11) is 0. The zero-order valence-electron chi connectivity index (χ0n) is 25.4. The van der Waals surface area contributed by atoms with E-state index in [1.165, 1.54) is 54.6 Å². The number of carboxylic acid groups (broad SMARTS) is 2. The van der Waals surface area contributed by atoms with E-state index in [1.54, 1.807) is 36.4 Å². The zero-order valence-corrected chi connectivity index (χ0v) is 27.7. The molecule has 258 valence electrons. The van der Waals surface area contributed by atoms with E-state index in [4.69, 9.17) is 21.8 Å². The maximum atomic E-state index is 13.4. The van der Waals surface area contributed by atoms with Crippen molar-refractivity contribution in [2.75, 3.05) is 0 Å². The van der Waals surface area contributed by atoms with Gasteiger partial charge in [0.2, 0.25) is 0 Å². The normalized spacial score (nSPS) is 11.6. The molecule has 0 heterocycles. The molecule has 0 saturated heterocycles. The quantitative estimate of drug-likeness (QED) is 0.0992. The van der Waals surface area contributed by atoms with Gasteiger partial charge >= 0.3 is 18.1 Å². The summed E-state index contributed by atoms with van der Waals surface area (Å²) >= 11 is 8.93. The largest absolute Gasteiger partial charge is 0.507 e. The Morgan fingerprint density at radius 1 is 0.720 bits per heavy atom. The fraction of sp³-hybridized carbons (Fsp3) is 0.0833. The Hall–Kier alpha value is -5.40. The Labute approximate surface area is 295 Å². The average molecular weight is 775 g/mol. The molecule has 50 heavy (non-hydrogen) atoms. The molecule has 0 bridgehead atoms. The molecule has 0 aromatic heterocycles. The van der Waals surface area contributed by atoms with Gasteiger partial charge in [-0.15, -0.1) is 0 Å². The van der Waals surface area contributed by atoms with Gasteiger partial charge in [-0.25, -0.2) is 14.0 Å². The predicted molar refractivity (Wildman–Crippen MR) is 181 cm³/mol. The van der Waals surface area contributed by atoms with Gasteiger partial charge in [0.1, 0.15) is 28.9 Å². The number of carbonyl (C=O) groups excluding carboxylic acids is 1. The smallest absolute Gasteiger partial charge is 0.416 e. The molecule has 5 rings (SSSR count). The summed E-state index contributed by atoms with van der Waals surface area (Å²) < 4.78 is 52.7. The molecule has 0 fully saturated rings. The summed E-state index contributed by atoms with van der Waals surface area (Å²) in [5, 5.41) is 39.8. The van der Waals surface area contributed by atoms with E-state index in [0.29, 0.717) is 26.7 Å². The van der Waals surface area contributed by atoms with Crippen LogP contribution in [0.5, 0.6) is 11.5 Å². The second-order valence-electron chi connectivity index (χ2n) is 10.7. The van der Waals surface area contributed by atoms with Crippen LogP contribution in [0.2, 0.25) is 5.02 Å². The van der Waals surface area contributed by atoms with Crippen LogP contribution < -0.4 is 5.32 Å². The molecule has 8 nitrogen and oxygen atoms in total. The summed E-state index contributed by atoms with van der Waals surface area (Å²) in [5.74, 6) is -4.51. The van der Waals surface area contributed by atoms with Crippen molar-refractivity contribution in [3.05, 3.63) is 141 Å². The number of phenols is 2. The molecule has 5 aromatic rings. The summed E-state index contributed by atoms with van der Waals surface area (Å²) in [6.07, 6.45) is -4.58. The second-order valence-corrected chi connectivity index (χ2v) is 12.0. The minimum atomic E-state index is -4.50. The maximum Gasteiger partial charge on any atom is 0.416 e. The van der Waals surface area contributed by atoms with Crippen molar-refractivity contribution in [1.82, 2.24) is 5.32 Å². The molecule has 14 heteroatoms. The highest BCUT2D eigenvalue weighted by Crippen LogP contribution is 2.32. The van der Waals surface area contributed by atoms with Gasteiger partial charge in [0.15, 0.2) is 0 Å². The van der Waals surface area contributed by atoms with Gasteiger partial charge < -0.3 is 25.7 Å². The van der Waals surface area contributed by atoms with Crippen molar-refractivity contribution < 1.29 is 52.4 Å². The first-order valence-corrected chi connectivity index (χ1v) is 15.5. The third-order valence-corrected chi connectivity index (χ3v) is 8.01. The van der Waals surface area contributed by atoms with E-state index < -0.39 is 47.2 Å². The lowest BCUT2D eigenvalue weighted by Gasteiger charge is -2.16. The highest BCUT2D eigenvalue weighted by molar-refractivity contribution is 9.10. The van der Waals surface area contributed by atoms with Crippen LogP contribution in [0.3, 0.4) is 0 Å². The first kappa shape index (κ1) is 37.4. The van der Waals surface area contributed by atoms with Crippen molar-refractivity contribution in [3.63, 3.8) is 0 Å². The Kier molecular flexibility index (Phi) is 11.9. The summed E-state index contributed by atoms with van der Waals surface area (Å²) in [6.45, 7) is 0. The number of amides is 1. The number of benzene rings is 5. The fourth-order valence-electron chi connectivity index (χ4n) is 4.61. The number of rotatable bonds is 8. The van der Waals surface area contributed by atoms with Gasteiger partial charge in [-0.1, -0.05) is 76.1 Å². The van der Waals surface area contributed by atoms with Crippen molar-refractivity contribution in [1.29, 1.82) is 0 Å². The Bertz CT molecular complexity index is 2040. The fourth-order valence-corrected chi connectivity index (χ4v) is 5.15. The van der Waals surface area contributed by atoms with E-state index >= 15 is 0 Å². The van der Waals surface area contributed by atoms with Crippen molar-refractivity contribution in [2.24, 2.45) is 0 Å². The number of alkyl halides is 3. The zero-order chi connectivity index (χ0) is 36.7. The Morgan fingerprint density at radius 3 is 1.78 bits per heavy atom. The van der Waals surface area contributed by atoms with Crippen LogP contribution in [0.15, 0.2) is 108 Å². The molecule has 1 atom stereocenters. The highest BCUT2D eigenvalue weighted by atomic mass is 79.9. The topological polar surface area (TPSA) is 144 Å². The average Bonchev–Trinajstić information content (AvgIpc) is 3.07. The number of carbonyl (C=O) groups is 3. The van der Waals surface area contributed by atoms with E-state index in [1.807, 2.05) is 0 Å². The number of nitrogens with one attached hydrogen (secondary N) is 1. The van der Waals surface area contributed by atoms with Gasteiger partial charge in [-0.05, 0) is 82.4 Å². The van der Waals surface area contributed by atoms with Gasteiger partial charge in [-0.2, -0.15) is 13.2 Å². The lowest BCUT2D eigenvalue weighted by Crippen LogP contribution is -2.42.